The Kier molecular flexibility index (Phi) is 3.55. The van der Waals surface area contributed by atoms with Crippen LogP contribution < -0.4 is 0 Å². The maximum Gasteiger partial charge on any atom is 0.151 e. The lowest BCUT2D eigenvalue weighted by atomic mass is 10.1. The SMILES string of the molecule is CC(C)(O)CN1CCCS(=O)(=O)CC1. The van der Waals surface area contributed by atoms with Crippen LogP contribution >= 0.6 is 0 Å². The summed E-state index contributed by atoms with van der Waals surface area (Å²) in [6.45, 7) is 5.34. The zero-order valence-electron chi connectivity index (χ0n) is 8.86. The molecule has 0 aromatic carbocycles. The maximum absolute atomic E-state index is 11.3. The average molecular weight is 221 g/mol. The van der Waals surface area contributed by atoms with Gasteiger partial charge in [-0.05, 0) is 26.8 Å². The normalized spacial score (nSPS) is 24.5. The minimum Gasteiger partial charge on any atom is -0.389 e. The zero-order chi connectivity index (χ0) is 10.8. The Bertz CT molecular complexity index is 279. The Labute approximate surface area is 85.8 Å². The third kappa shape index (κ3) is 4.39. The summed E-state index contributed by atoms with van der Waals surface area (Å²) in [5, 5.41) is 9.60. The van der Waals surface area contributed by atoms with E-state index in [0.717, 1.165) is 6.54 Å². The largest absolute Gasteiger partial charge is 0.389 e. The van der Waals surface area contributed by atoms with Crippen molar-refractivity contribution in [2.45, 2.75) is 25.9 Å². The molecule has 0 aliphatic carbocycles. The summed E-state index contributed by atoms with van der Waals surface area (Å²) in [5.41, 5.74) is -0.742. The molecule has 84 valence electrons. The highest BCUT2D eigenvalue weighted by Gasteiger charge is 2.23. The van der Waals surface area contributed by atoms with E-state index >= 15 is 0 Å². The van der Waals surface area contributed by atoms with E-state index in [2.05, 4.69) is 0 Å². The fourth-order valence-electron chi connectivity index (χ4n) is 1.70. The molecular formula is C9H19NO3S. The van der Waals surface area contributed by atoms with Crippen LogP contribution in [0.2, 0.25) is 0 Å². The summed E-state index contributed by atoms with van der Waals surface area (Å²) in [4.78, 5) is 2.02. The molecule has 1 rings (SSSR count). The molecule has 0 atom stereocenters. The molecule has 0 aromatic heterocycles. The van der Waals surface area contributed by atoms with E-state index in [0.29, 0.717) is 19.5 Å². The molecule has 0 radical (unpaired) electrons. The van der Waals surface area contributed by atoms with Gasteiger partial charge in [-0.15, -0.1) is 0 Å². The van der Waals surface area contributed by atoms with Gasteiger partial charge in [-0.2, -0.15) is 0 Å². The maximum atomic E-state index is 11.3. The monoisotopic (exact) mass is 221 g/mol. The molecule has 0 bridgehead atoms. The van der Waals surface area contributed by atoms with Gasteiger partial charge in [0, 0.05) is 13.1 Å². The van der Waals surface area contributed by atoms with Gasteiger partial charge in [-0.25, -0.2) is 8.42 Å². The van der Waals surface area contributed by atoms with Crippen molar-refractivity contribution in [2.24, 2.45) is 0 Å². The van der Waals surface area contributed by atoms with Crippen LogP contribution in [-0.4, -0.2) is 55.2 Å². The number of β-amino-alcohol motifs (C(OH)–C–C–N with tert-alkyl or cyclic N) is 1. The molecule has 14 heavy (non-hydrogen) atoms. The van der Waals surface area contributed by atoms with Crippen molar-refractivity contribution in [3.8, 4) is 0 Å². The molecule has 1 saturated heterocycles. The molecule has 0 unspecified atom stereocenters. The Morgan fingerprint density at radius 3 is 2.50 bits per heavy atom. The fourth-order valence-corrected chi connectivity index (χ4v) is 3.00. The predicted molar refractivity (Wildman–Crippen MR) is 56.0 cm³/mol. The molecule has 5 heteroatoms. The smallest absolute Gasteiger partial charge is 0.151 e. The van der Waals surface area contributed by atoms with Gasteiger partial charge in [0.05, 0.1) is 17.1 Å². The van der Waals surface area contributed by atoms with Crippen molar-refractivity contribution in [3.63, 3.8) is 0 Å². The Morgan fingerprint density at radius 2 is 1.93 bits per heavy atom. The average Bonchev–Trinajstić information content (AvgIpc) is 2.10. The first-order chi connectivity index (χ1) is 6.29. The molecule has 1 aliphatic rings. The van der Waals surface area contributed by atoms with Crippen molar-refractivity contribution < 1.29 is 13.5 Å². The van der Waals surface area contributed by atoms with Gasteiger partial charge < -0.3 is 5.11 Å². The first-order valence-corrected chi connectivity index (χ1v) is 6.76. The van der Waals surface area contributed by atoms with Gasteiger partial charge in [-0.3, -0.25) is 4.90 Å². The van der Waals surface area contributed by atoms with E-state index in [1.807, 2.05) is 4.90 Å². The van der Waals surface area contributed by atoms with Crippen LogP contribution in [-0.2, 0) is 9.84 Å². The molecule has 4 nitrogen and oxygen atoms in total. The van der Waals surface area contributed by atoms with Gasteiger partial charge in [0.2, 0.25) is 0 Å². The van der Waals surface area contributed by atoms with Gasteiger partial charge >= 0.3 is 0 Å². The van der Waals surface area contributed by atoms with Crippen LogP contribution in [0.1, 0.15) is 20.3 Å². The van der Waals surface area contributed by atoms with Crippen molar-refractivity contribution >= 4 is 9.84 Å². The first kappa shape index (κ1) is 11.9. The summed E-state index contributed by atoms with van der Waals surface area (Å²) in [6, 6.07) is 0. The summed E-state index contributed by atoms with van der Waals surface area (Å²) < 4.78 is 22.6. The molecule has 1 fully saturated rings. The van der Waals surface area contributed by atoms with E-state index in [1.165, 1.54) is 0 Å². The second-order valence-electron chi connectivity index (χ2n) is 4.59. The van der Waals surface area contributed by atoms with Crippen LogP contribution in [0.5, 0.6) is 0 Å². The van der Waals surface area contributed by atoms with Crippen LogP contribution in [0.15, 0.2) is 0 Å². The second kappa shape index (κ2) is 4.16. The quantitative estimate of drug-likeness (QED) is 0.706. The van der Waals surface area contributed by atoms with Gasteiger partial charge in [0.15, 0.2) is 9.84 Å². The molecule has 1 N–H and O–H groups in total. The van der Waals surface area contributed by atoms with Crippen molar-refractivity contribution in [2.75, 3.05) is 31.1 Å². The number of hydrogen-bond acceptors (Lipinski definition) is 4. The number of rotatable bonds is 2. The van der Waals surface area contributed by atoms with E-state index in [4.69, 9.17) is 0 Å². The number of nitrogens with zero attached hydrogens (tertiary/aromatic N) is 1. The van der Waals surface area contributed by atoms with Crippen LogP contribution in [0.25, 0.3) is 0 Å². The Balaban J connectivity index is 2.51. The lowest BCUT2D eigenvalue weighted by Gasteiger charge is -2.27. The summed E-state index contributed by atoms with van der Waals surface area (Å²) in [7, 11) is -2.83. The minimum absolute atomic E-state index is 0.225. The standard InChI is InChI=1S/C9H19NO3S/c1-9(2,11)8-10-4-3-6-14(12,13)7-5-10/h11H,3-8H2,1-2H3. The highest BCUT2D eigenvalue weighted by atomic mass is 32.2. The van der Waals surface area contributed by atoms with E-state index in [9.17, 15) is 13.5 Å². The lowest BCUT2D eigenvalue weighted by molar-refractivity contribution is 0.0387. The highest BCUT2D eigenvalue weighted by molar-refractivity contribution is 7.91. The van der Waals surface area contributed by atoms with Crippen molar-refractivity contribution in [1.29, 1.82) is 0 Å². The minimum atomic E-state index is -2.83. The molecule has 0 saturated carbocycles. The van der Waals surface area contributed by atoms with E-state index in [-0.39, 0.29) is 11.5 Å². The van der Waals surface area contributed by atoms with Crippen molar-refractivity contribution in [1.82, 2.24) is 4.90 Å². The molecule has 0 amide bonds. The van der Waals surface area contributed by atoms with Gasteiger partial charge in [-0.1, -0.05) is 0 Å². The molecular weight excluding hydrogens is 202 g/mol. The number of sulfone groups is 1. The lowest BCUT2D eigenvalue weighted by Crippen LogP contribution is -2.40. The zero-order valence-corrected chi connectivity index (χ0v) is 9.68. The van der Waals surface area contributed by atoms with Gasteiger partial charge in [0.1, 0.15) is 0 Å². The van der Waals surface area contributed by atoms with Crippen LogP contribution in [0.4, 0.5) is 0 Å². The van der Waals surface area contributed by atoms with E-state index < -0.39 is 15.4 Å². The highest BCUT2D eigenvalue weighted by Crippen LogP contribution is 2.09. The number of aliphatic hydroxyl groups is 1. The van der Waals surface area contributed by atoms with Crippen LogP contribution in [0, 0.1) is 0 Å². The third-order valence-corrected chi connectivity index (χ3v) is 3.97. The fraction of sp³-hybridized carbons (Fsp3) is 1.00. The van der Waals surface area contributed by atoms with Crippen molar-refractivity contribution in [3.05, 3.63) is 0 Å². The predicted octanol–water partition coefficient (Wildman–Crippen LogP) is -0.122. The topological polar surface area (TPSA) is 57.6 Å². The molecule has 1 heterocycles. The molecule has 0 aromatic rings. The Morgan fingerprint density at radius 1 is 1.29 bits per heavy atom. The first-order valence-electron chi connectivity index (χ1n) is 4.94. The van der Waals surface area contributed by atoms with Crippen LogP contribution in [0.3, 0.4) is 0 Å². The summed E-state index contributed by atoms with van der Waals surface area (Å²) in [5.74, 6) is 0.512. The summed E-state index contributed by atoms with van der Waals surface area (Å²) >= 11 is 0. The molecule has 1 aliphatic heterocycles. The summed E-state index contributed by atoms with van der Waals surface area (Å²) in [6.07, 6.45) is 0.679. The Hall–Kier alpha value is -0.130. The number of hydrogen-bond donors (Lipinski definition) is 1. The third-order valence-electron chi connectivity index (χ3n) is 2.26. The van der Waals surface area contributed by atoms with E-state index in [1.54, 1.807) is 13.8 Å². The van der Waals surface area contributed by atoms with Gasteiger partial charge in [0.25, 0.3) is 0 Å². The molecule has 0 spiro atoms. The second-order valence-corrected chi connectivity index (χ2v) is 6.90.